The van der Waals surface area contributed by atoms with Gasteiger partial charge < -0.3 is 15.0 Å². The number of benzene rings is 1. The number of cyclic esters (lactones) is 1. The lowest BCUT2D eigenvalue weighted by atomic mass is 10.1. The molecule has 0 bridgehead atoms. The lowest BCUT2D eigenvalue weighted by Gasteiger charge is -2.18. The Morgan fingerprint density at radius 3 is 2.79 bits per heavy atom. The molecule has 152 valence electrons. The topological polar surface area (TPSA) is 116 Å². The van der Waals surface area contributed by atoms with Gasteiger partial charge in [-0.25, -0.2) is 9.18 Å². The molecule has 4 atom stereocenters. The number of rotatable bonds is 5. The van der Waals surface area contributed by atoms with E-state index in [0.29, 0.717) is 29.0 Å². The standard InChI is InChI=1S/C18H20FN7O3/c1-9(27)20-5-11-6-26(18(28)29-11)10-2-3-12(15(19)4-10)16-13-7-25(8-14(13)16)17-21-23-24-22-17/h2-4,11,13-14,16H,5-8H2,1H3,(H,20,27)(H,21,22,23,24)/t11-,13-,14+,16+/m0/s1. The first-order valence-electron chi connectivity index (χ1n) is 9.51. The minimum absolute atomic E-state index is 0.172. The van der Waals surface area contributed by atoms with Crippen LogP contribution in [0.25, 0.3) is 0 Å². The first kappa shape index (κ1) is 17.8. The fourth-order valence-electron chi connectivity index (χ4n) is 4.49. The number of amides is 2. The van der Waals surface area contributed by atoms with E-state index in [1.807, 2.05) is 0 Å². The maximum Gasteiger partial charge on any atom is 0.414 e. The van der Waals surface area contributed by atoms with E-state index >= 15 is 0 Å². The molecule has 2 aromatic rings. The number of carbonyl (C=O) groups excluding carboxylic acids is 2. The van der Waals surface area contributed by atoms with Crippen molar-refractivity contribution in [2.45, 2.75) is 18.9 Å². The summed E-state index contributed by atoms with van der Waals surface area (Å²) in [6.45, 7) is 3.46. The monoisotopic (exact) mass is 401 g/mol. The van der Waals surface area contributed by atoms with Crippen molar-refractivity contribution in [3.63, 3.8) is 0 Å². The lowest BCUT2D eigenvalue weighted by molar-refractivity contribution is -0.119. The van der Waals surface area contributed by atoms with Gasteiger partial charge in [-0.1, -0.05) is 11.2 Å². The van der Waals surface area contributed by atoms with E-state index in [1.165, 1.54) is 17.9 Å². The third-order valence-corrected chi connectivity index (χ3v) is 5.92. The second-order valence-electron chi connectivity index (χ2n) is 7.73. The highest BCUT2D eigenvalue weighted by Crippen LogP contribution is 2.59. The van der Waals surface area contributed by atoms with Crippen LogP contribution in [-0.2, 0) is 9.53 Å². The van der Waals surface area contributed by atoms with E-state index in [0.717, 1.165) is 13.1 Å². The number of aromatic nitrogens is 4. The molecule has 10 nitrogen and oxygen atoms in total. The zero-order valence-electron chi connectivity index (χ0n) is 15.7. The number of aromatic amines is 1. The third kappa shape index (κ3) is 3.15. The molecule has 11 heteroatoms. The van der Waals surface area contributed by atoms with Crippen molar-refractivity contribution in [1.82, 2.24) is 25.9 Å². The minimum atomic E-state index is -0.536. The van der Waals surface area contributed by atoms with E-state index in [9.17, 15) is 14.0 Å². The fraction of sp³-hybridized carbons (Fsp3) is 0.500. The van der Waals surface area contributed by atoms with E-state index in [-0.39, 0.29) is 30.7 Å². The van der Waals surface area contributed by atoms with Gasteiger partial charge in [0.2, 0.25) is 5.91 Å². The Labute approximate surface area is 165 Å². The highest BCUT2D eigenvalue weighted by Gasteiger charge is 2.57. The Hall–Kier alpha value is -3.24. The van der Waals surface area contributed by atoms with Gasteiger partial charge in [-0.15, -0.1) is 5.10 Å². The molecule has 0 radical (unpaired) electrons. The Kier molecular flexibility index (Phi) is 4.10. The van der Waals surface area contributed by atoms with Crippen LogP contribution in [0, 0.1) is 17.7 Å². The summed E-state index contributed by atoms with van der Waals surface area (Å²) in [5.41, 5.74) is 1.14. The number of ether oxygens (including phenoxy) is 1. The van der Waals surface area contributed by atoms with Crippen molar-refractivity contribution in [3.05, 3.63) is 29.6 Å². The molecule has 1 aliphatic carbocycles. The Balaban J connectivity index is 1.24. The van der Waals surface area contributed by atoms with Crippen LogP contribution < -0.4 is 15.1 Å². The zero-order valence-corrected chi connectivity index (χ0v) is 15.7. The molecule has 2 aliphatic heterocycles. The first-order valence-corrected chi connectivity index (χ1v) is 9.51. The molecule has 2 N–H and O–H groups in total. The number of tetrazole rings is 1. The minimum Gasteiger partial charge on any atom is -0.442 e. The van der Waals surface area contributed by atoms with Crippen molar-refractivity contribution >= 4 is 23.6 Å². The third-order valence-electron chi connectivity index (χ3n) is 5.92. The molecule has 3 fully saturated rings. The van der Waals surface area contributed by atoms with Gasteiger partial charge >= 0.3 is 6.09 Å². The van der Waals surface area contributed by atoms with Gasteiger partial charge in [0, 0.05) is 20.0 Å². The van der Waals surface area contributed by atoms with Gasteiger partial charge in [0.15, 0.2) is 0 Å². The van der Waals surface area contributed by atoms with E-state index < -0.39 is 12.2 Å². The van der Waals surface area contributed by atoms with Crippen LogP contribution in [0.1, 0.15) is 18.4 Å². The number of carbonyl (C=O) groups is 2. The molecule has 29 heavy (non-hydrogen) atoms. The molecule has 0 unspecified atom stereocenters. The molecular weight excluding hydrogens is 381 g/mol. The number of nitrogens with one attached hydrogen (secondary N) is 2. The quantitative estimate of drug-likeness (QED) is 0.756. The van der Waals surface area contributed by atoms with Crippen LogP contribution >= 0.6 is 0 Å². The van der Waals surface area contributed by atoms with Gasteiger partial charge in [-0.05, 0) is 40.7 Å². The molecule has 0 spiro atoms. The summed E-state index contributed by atoms with van der Waals surface area (Å²) >= 11 is 0. The van der Waals surface area contributed by atoms with Crippen molar-refractivity contribution in [2.75, 3.05) is 36.0 Å². The molecule has 1 aromatic heterocycles. The largest absolute Gasteiger partial charge is 0.442 e. The molecule has 2 amide bonds. The molecule has 2 saturated heterocycles. The summed E-state index contributed by atoms with van der Waals surface area (Å²) < 4.78 is 20.1. The Morgan fingerprint density at radius 1 is 1.34 bits per heavy atom. The number of anilines is 2. The number of hydrogen-bond acceptors (Lipinski definition) is 7. The predicted molar refractivity (Wildman–Crippen MR) is 98.8 cm³/mol. The van der Waals surface area contributed by atoms with Gasteiger partial charge in [0.1, 0.15) is 11.9 Å². The number of halogens is 1. The van der Waals surface area contributed by atoms with Crippen molar-refractivity contribution < 1.29 is 18.7 Å². The van der Waals surface area contributed by atoms with E-state index in [1.54, 1.807) is 12.1 Å². The van der Waals surface area contributed by atoms with Gasteiger partial charge in [0.05, 0.1) is 18.8 Å². The summed E-state index contributed by atoms with van der Waals surface area (Å²) in [5.74, 6) is 0.979. The number of hydrogen-bond donors (Lipinski definition) is 2. The van der Waals surface area contributed by atoms with Crippen molar-refractivity contribution in [2.24, 2.45) is 11.8 Å². The van der Waals surface area contributed by atoms with Crippen LogP contribution in [0.4, 0.5) is 20.8 Å². The molecule has 5 rings (SSSR count). The highest BCUT2D eigenvalue weighted by molar-refractivity contribution is 5.89. The average Bonchev–Trinajstić information content (AvgIpc) is 3.18. The normalized spacial score (nSPS) is 27.7. The summed E-state index contributed by atoms with van der Waals surface area (Å²) in [6.07, 6.45) is -0.986. The fourth-order valence-corrected chi connectivity index (χ4v) is 4.49. The smallest absolute Gasteiger partial charge is 0.414 e. The van der Waals surface area contributed by atoms with Crippen LogP contribution in [0.15, 0.2) is 18.2 Å². The summed E-state index contributed by atoms with van der Waals surface area (Å²) in [5, 5.41) is 16.6. The van der Waals surface area contributed by atoms with E-state index in [2.05, 4.69) is 30.8 Å². The van der Waals surface area contributed by atoms with Crippen LogP contribution in [0.3, 0.4) is 0 Å². The number of fused-ring (bicyclic) bond motifs is 1. The summed E-state index contributed by atoms with van der Waals surface area (Å²) in [7, 11) is 0. The SMILES string of the molecule is CC(=O)NC[C@H]1CN(c2ccc([C@H]3[C@@H]4CN(c5nn[nH]n5)C[C@@H]43)c(F)c2)C(=O)O1. The van der Waals surface area contributed by atoms with Crippen molar-refractivity contribution in [1.29, 1.82) is 0 Å². The molecule has 1 saturated carbocycles. The van der Waals surface area contributed by atoms with Crippen molar-refractivity contribution in [3.8, 4) is 0 Å². The van der Waals surface area contributed by atoms with Crippen LogP contribution in [-0.4, -0.2) is 64.9 Å². The number of nitrogens with zero attached hydrogens (tertiary/aromatic N) is 5. The maximum absolute atomic E-state index is 14.9. The second kappa shape index (κ2) is 6.68. The molecular formula is C18H20FN7O3. The van der Waals surface area contributed by atoms with Gasteiger partial charge in [-0.2, -0.15) is 5.21 Å². The van der Waals surface area contributed by atoms with Crippen LogP contribution in [0.5, 0.6) is 0 Å². The average molecular weight is 401 g/mol. The molecule has 3 aliphatic rings. The highest BCUT2D eigenvalue weighted by atomic mass is 19.1. The van der Waals surface area contributed by atoms with Gasteiger partial charge in [0.25, 0.3) is 5.95 Å². The number of piperidine rings is 1. The Bertz CT molecular complexity index is 941. The molecule has 1 aromatic carbocycles. The second-order valence-corrected chi connectivity index (χ2v) is 7.73. The van der Waals surface area contributed by atoms with Crippen LogP contribution in [0.2, 0.25) is 0 Å². The number of H-pyrrole nitrogens is 1. The summed E-state index contributed by atoms with van der Waals surface area (Å²) in [6, 6.07) is 4.91. The maximum atomic E-state index is 14.9. The lowest BCUT2D eigenvalue weighted by Crippen LogP contribution is -2.33. The first-order chi connectivity index (χ1) is 14.0. The zero-order chi connectivity index (χ0) is 20.1. The van der Waals surface area contributed by atoms with Gasteiger partial charge in [-0.3, -0.25) is 9.69 Å². The summed E-state index contributed by atoms with van der Waals surface area (Å²) in [4.78, 5) is 26.6. The molecule has 3 heterocycles. The Morgan fingerprint density at radius 2 is 2.14 bits per heavy atom. The van der Waals surface area contributed by atoms with E-state index in [4.69, 9.17) is 4.74 Å². The predicted octanol–water partition coefficient (Wildman–Crippen LogP) is 0.650.